The fraction of sp³-hybridized carbons (Fsp3) is 0.727. The minimum absolute atomic E-state index is 0.0696. The zero-order valence-corrected chi connectivity index (χ0v) is 18.5. The number of benzene rings is 1. The molecule has 5 rings (SSSR count). The van der Waals surface area contributed by atoms with Crippen molar-refractivity contribution >= 4 is 10.0 Å². The lowest BCUT2D eigenvalue weighted by Gasteiger charge is -2.42. The van der Waals surface area contributed by atoms with E-state index in [1.165, 1.54) is 11.8 Å². The van der Waals surface area contributed by atoms with Crippen LogP contribution in [0.5, 0.6) is 5.75 Å². The molecule has 1 aromatic rings. The minimum atomic E-state index is -3.31. The third-order valence-electron chi connectivity index (χ3n) is 6.73. The quantitative estimate of drug-likeness (QED) is 0.749. The molecule has 1 aliphatic carbocycles. The lowest BCUT2D eigenvalue weighted by Crippen LogP contribution is -2.59. The first-order valence-electron chi connectivity index (χ1n) is 11.1. The number of nitrogens with zero attached hydrogens (tertiary/aromatic N) is 1. The highest BCUT2D eigenvalue weighted by atomic mass is 32.2. The van der Waals surface area contributed by atoms with Gasteiger partial charge in [0, 0.05) is 18.6 Å². The van der Waals surface area contributed by atoms with E-state index in [1.807, 2.05) is 12.1 Å². The molecule has 2 N–H and O–H groups in total. The number of piperidine rings is 1. The number of ether oxygens (including phenoxy) is 2. The van der Waals surface area contributed by atoms with Crippen molar-refractivity contribution in [3.8, 4) is 5.75 Å². The van der Waals surface area contributed by atoms with Crippen molar-refractivity contribution in [3.63, 3.8) is 0 Å². The van der Waals surface area contributed by atoms with Crippen LogP contribution in [0.4, 0.5) is 0 Å². The first-order chi connectivity index (χ1) is 14.4. The van der Waals surface area contributed by atoms with E-state index in [-0.39, 0.29) is 30.9 Å². The van der Waals surface area contributed by atoms with Crippen molar-refractivity contribution in [2.24, 2.45) is 0 Å². The Bertz CT molecular complexity index is 810. The predicted octanol–water partition coefficient (Wildman–Crippen LogP) is 1.86. The first kappa shape index (κ1) is 22.0. The highest BCUT2D eigenvalue weighted by Crippen LogP contribution is 2.39. The van der Waals surface area contributed by atoms with Gasteiger partial charge >= 0.3 is 0 Å². The van der Waals surface area contributed by atoms with Crippen LogP contribution in [0.25, 0.3) is 0 Å². The van der Waals surface area contributed by atoms with Crippen LogP contribution in [0.2, 0.25) is 0 Å². The molecule has 7 nitrogen and oxygen atoms in total. The number of fused-ring (bicyclic) bond motifs is 5. The fourth-order valence-electron chi connectivity index (χ4n) is 5.26. The Balaban J connectivity index is 1.62. The van der Waals surface area contributed by atoms with Gasteiger partial charge in [0.2, 0.25) is 10.0 Å². The van der Waals surface area contributed by atoms with E-state index in [1.54, 1.807) is 0 Å². The third kappa shape index (κ3) is 5.34. The van der Waals surface area contributed by atoms with E-state index in [2.05, 4.69) is 21.8 Å². The molecule has 1 saturated carbocycles. The highest BCUT2D eigenvalue weighted by molar-refractivity contribution is 7.88. The Labute approximate surface area is 179 Å². The summed E-state index contributed by atoms with van der Waals surface area (Å²) in [5, 5.41) is 10.1. The largest absolute Gasteiger partial charge is 0.486 e. The summed E-state index contributed by atoms with van der Waals surface area (Å²) in [4.78, 5) is 2.24. The number of rotatable bonds is 3. The molecule has 3 heterocycles. The Kier molecular flexibility index (Phi) is 6.99. The van der Waals surface area contributed by atoms with Crippen LogP contribution in [0.3, 0.4) is 0 Å². The van der Waals surface area contributed by atoms with Crippen LogP contribution in [0, 0.1) is 0 Å². The summed E-state index contributed by atoms with van der Waals surface area (Å²) in [6, 6.07) is 7.92. The number of para-hydroxylation sites is 1. The van der Waals surface area contributed by atoms with Gasteiger partial charge in [-0.15, -0.1) is 0 Å². The molecule has 30 heavy (non-hydrogen) atoms. The molecular weight excluding hydrogens is 404 g/mol. The molecule has 1 aromatic carbocycles. The van der Waals surface area contributed by atoms with Gasteiger partial charge in [-0.25, -0.2) is 13.1 Å². The van der Waals surface area contributed by atoms with Gasteiger partial charge in [0.25, 0.3) is 0 Å². The lowest BCUT2D eigenvalue weighted by molar-refractivity contribution is -0.0367. The molecule has 3 atom stereocenters. The van der Waals surface area contributed by atoms with E-state index in [0.29, 0.717) is 19.1 Å². The molecule has 2 bridgehead atoms. The van der Waals surface area contributed by atoms with E-state index < -0.39 is 10.0 Å². The van der Waals surface area contributed by atoms with Gasteiger partial charge in [-0.3, -0.25) is 4.90 Å². The van der Waals surface area contributed by atoms with Crippen molar-refractivity contribution < 1.29 is 23.0 Å². The number of aliphatic hydroxyl groups is 1. The van der Waals surface area contributed by atoms with E-state index in [4.69, 9.17) is 9.47 Å². The predicted molar refractivity (Wildman–Crippen MR) is 115 cm³/mol. The molecule has 0 aromatic heterocycles. The Hall–Kier alpha value is -1.19. The Morgan fingerprint density at radius 1 is 1.17 bits per heavy atom. The van der Waals surface area contributed by atoms with E-state index >= 15 is 0 Å². The van der Waals surface area contributed by atoms with Gasteiger partial charge in [-0.1, -0.05) is 18.2 Å². The molecule has 3 aliphatic heterocycles. The summed E-state index contributed by atoms with van der Waals surface area (Å²) < 4.78 is 39.4. The maximum absolute atomic E-state index is 11.9. The molecule has 0 spiro atoms. The average Bonchev–Trinajstić information content (AvgIpc) is 2.74. The number of nitrogens with one attached hydrogen (secondary N) is 1. The number of aliphatic hydroxyl groups excluding tert-OH is 1. The number of sulfonamides is 1. The van der Waals surface area contributed by atoms with Crippen LogP contribution in [-0.4, -0.2) is 75.3 Å². The maximum atomic E-state index is 11.9. The van der Waals surface area contributed by atoms with Crippen LogP contribution >= 0.6 is 0 Å². The second kappa shape index (κ2) is 9.53. The molecule has 3 unspecified atom stereocenters. The van der Waals surface area contributed by atoms with Gasteiger partial charge in [0.15, 0.2) is 0 Å². The SMILES string of the molecule is CS(=O)(=O)NC1CCCN2CC(CO)Oc3ccccc3C3CCC(CC3)OCC12. The first-order valence-corrected chi connectivity index (χ1v) is 13.0. The van der Waals surface area contributed by atoms with Crippen LogP contribution in [0.1, 0.15) is 50.0 Å². The summed E-state index contributed by atoms with van der Waals surface area (Å²) in [7, 11) is -3.31. The Morgan fingerprint density at radius 3 is 2.67 bits per heavy atom. The summed E-state index contributed by atoms with van der Waals surface area (Å²) in [5.41, 5.74) is 1.22. The minimum Gasteiger partial charge on any atom is -0.486 e. The van der Waals surface area contributed by atoms with E-state index in [9.17, 15) is 13.5 Å². The normalized spacial score (nSPS) is 33.3. The van der Waals surface area contributed by atoms with Gasteiger partial charge < -0.3 is 14.6 Å². The second-order valence-electron chi connectivity index (χ2n) is 8.97. The summed E-state index contributed by atoms with van der Waals surface area (Å²) in [6.07, 6.45) is 6.84. The van der Waals surface area contributed by atoms with Crippen molar-refractivity contribution in [1.82, 2.24) is 9.62 Å². The van der Waals surface area contributed by atoms with Gasteiger partial charge in [0.1, 0.15) is 11.9 Å². The molecular formula is C22H34N2O5S. The van der Waals surface area contributed by atoms with Crippen molar-refractivity contribution in [2.75, 3.05) is 32.6 Å². The summed E-state index contributed by atoms with van der Waals surface area (Å²) in [5.74, 6) is 1.31. The molecule has 8 heteroatoms. The topological polar surface area (TPSA) is 88.1 Å². The highest BCUT2D eigenvalue weighted by Gasteiger charge is 2.36. The van der Waals surface area contributed by atoms with Crippen molar-refractivity contribution in [1.29, 1.82) is 0 Å². The molecule has 0 amide bonds. The molecule has 2 fully saturated rings. The van der Waals surface area contributed by atoms with Crippen molar-refractivity contribution in [2.45, 2.75) is 68.7 Å². The molecule has 1 saturated heterocycles. The summed E-state index contributed by atoms with van der Waals surface area (Å²) in [6.45, 7) is 1.78. The van der Waals surface area contributed by atoms with Crippen molar-refractivity contribution in [3.05, 3.63) is 29.8 Å². The molecule has 0 radical (unpaired) electrons. The zero-order valence-electron chi connectivity index (χ0n) is 17.7. The molecule has 4 aliphatic rings. The maximum Gasteiger partial charge on any atom is 0.209 e. The standard InChI is InChI=1S/C22H34N2O5S/c1-30(26,27)23-20-6-4-12-24-13-18(14-25)29-22-7-3-2-5-19(22)16-8-10-17(11-9-16)28-15-21(20)24/h2-3,5,7,16-18,20-21,23,25H,4,6,8-15H2,1H3. The Morgan fingerprint density at radius 2 is 1.93 bits per heavy atom. The summed E-state index contributed by atoms with van der Waals surface area (Å²) >= 11 is 0. The third-order valence-corrected chi connectivity index (χ3v) is 7.46. The fourth-order valence-corrected chi connectivity index (χ4v) is 6.09. The van der Waals surface area contributed by atoms with Gasteiger partial charge in [-0.05, 0) is 62.6 Å². The average molecular weight is 439 g/mol. The van der Waals surface area contributed by atoms with Crippen LogP contribution in [0.15, 0.2) is 24.3 Å². The van der Waals surface area contributed by atoms with Crippen LogP contribution in [-0.2, 0) is 14.8 Å². The second-order valence-corrected chi connectivity index (χ2v) is 10.7. The van der Waals surface area contributed by atoms with E-state index in [0.717, 1.165) is 50.8 Å². The zero-order chi connectivity index (χ0) is 21.1. The number of hydrogen-bond acceptors (Lipinski definition) is 6. The van der Waals surface area contributed by atoms with Gasteiger partial charge in [0.05, 0.1) is 25.6 Å². The lowest BCUT2D eigenvalue weighted by atomic mass is 9.82. The van der Waals surface area contributed by atoms with Crippen LogP contribution < -0.4 is 9.46 Å². The molecule has 168 valence electrons. The number of hydrogen-bond donors (Lipinski definition) is 2. The van der Waals surface area contributed by atoms with Gasteiger partial charge in [-0.2, -0.15) is 0 Å². The monoisotopic (exact) mass is 438 g/mol. The smallest absolute Gasteiger partial charge is 0.209 e.